The largest absolute Gasteiger partial charge is 0.497 e. The average Bonchev–Trinajstić information content (AvgIpc) is 3.05. The Bertz CT molecular complexity index is 742. The van der Waals surface area contributed by atoms with Gasteiger partial charge >= 0.3 is 11.6 Å². The summed E-state index contributed by atoms with van der Waals surface area (Å²) >= 11 is 0. The molecule has 0 unspecified atom stereocenters. The molecular formula is C16H16O6. The summed E-state index contributed by atoms with van der Waals surface area (Å²) in [5.74, 6) is 0.191. The van der Waals surface area contributed by atoms with E-state index >= 15 is 0 Å². The molecule has 0 aliphatic carbocycles. The average molecular weight is 304 g/mol. The Balaban J connectivity index is 1.83. The Labute approximate surface area is 126 Å². The van der Waals surface area contributed by atoms with E-state index in [2.05, 4.69) is 0 Å². The van der Waals surface area contributed by atoms with Crippen molar-refractivity contribution < 1.29 is 23.4 Å². The maximum atomic E-state index is 11.9. The topological polar surface area (TPSA) is 75.0 Å². The number of rotatable bonds is 4. The zero-order valence-corrected chi connectivity index (χ0v) is 12.2. The fourth-order valence-corrected chi connectivity index (χ4v) is 2.46. The second-order valence-corrected chi connectivity index (χ2v) is 5.06. The first-order valence-corrected chi connectivity index (χ1v) is 7.06. The van der Waals surface area contributed by atoms with E-state index < -0.39 is 17.7 Å². The Hall–Kier alpha value is -2.34. The van der Waals surface area contributed by atoms with Crippen LogP contribution in [-0.2, 0) is 20.9 Å². The summed E-state index contributed by atoms with van der Waals surface area (Å²) in [6.45, 7) is 0.588. The van der Waals surface area contributed by atoms with Gasteiger partial charge in [-0.15, -0.1) is 0 Å². The first-order valence-electron chi connectivity index (χ1n) is 7.06. The minimum Gasteiger partial charge on any atom is -0.497 e. The number of benzene rings is 1. The molecule has 0 N–H and O–H groups in total. The van der Waals surface area contributed by atoms with Crippen LogP contribution in [0.5, 0.6) is 5.75 Å². The second kappa shape index (κ2) is 6.19. The highest BCUT2D eigenvalue weighted by Crippen LogP contribution is 2.23. The lowest BCUT2D eigenvalue weighted by atomic mass is 10.1. The van der Waals surface area contributed by atoms with Crippen LogP contribution in [0, 0.1) is 0 Å². The van der Waals surface area contributed by atoms with E-state index in [1.54, 1.807) is 18.2 Å². The molecule has 0 bridgehead atoms. The highest BCUT2D eigenvalue weighted by atomic mass is 16.6. The quantitative estimate of drug-likeness (QED) is 0.635. The molecule has 1 atom stereocenters. The summed E-state index contributed by atoms with van der Waals surface area (Å²) < 4.78 is 20.8. The Kier molecular flexibility index (Phi) is 4.11. The third kappa shape index (κ3) is 2.96. The second-order valence-electron chi connectivity index (χ2n) is 5.06. The molecule has 116 valence electrons. The normalized spacial score (nSPS) is 17.6. The summed E-state index contributed by atoms with van der Waals surface area (Å²) in [4.78, 5) is 23.5. The van der Waals surface area contributed by atoms with Crippen LogP contribution in [0.3, 0.4) is 0 Å². The molecule has 0 radical (unpaired) electrons. The molecule has 1 aromatic carbocycles. The van der Waals surface area contributed by atoms with Gasteiger partial charge in [0.2, 0.25) is 0 Å². The van der Waals surface area contributed by atoms with Crippen molar-refractivity contribution in [2.45, 2.75) is 25.6 Å². The number of esters is 1. The maximum absolute atomic E-state index is 11.9. The van der Waals surface area contributed by atoms with E-state index in [0.29, 0.717) is 35.3 Å². The predicted molar refractivity (Wildman–Crippen MR) is 77.8 cm³/mol. The van der Waals surface area contributed by atoms with Gasteiger partial charge in [-0.25, -0.2) is 9.59 Å². The van der Waals surface area contributed by atoms with Crippen molar-refractivity contribution in [3.8, 4) is 5.75 Å². The van der Waals surface area contributed by atoms with E-state index in [1.807, 2.05) is 0 Å². The van der Waals surface area contributed by atoms with Gasteiger partial charge in [-0.3, -0.25) is 0 Å². The molecule has 2 heterocycles. The predicted octanol–water partition coefficient (Wildman–Crippen LogP) is 2.02. The number of carbonyl (C=O) groups is 1. The smallest absolute Gasteiger partial charge is 0.336 e. The Morgan fingerprint density at radius 2 is 2.23 bits per heavy atom. The number of ether oxygens (including phenoxy) is 3. The van der Waals surface area contributed by atoms with Crippen molar-refractivity contribution in [1.29, 1.82) is 0 Å². The van der Waals surface area contributed by atoms with Crippen molar-refractivity contribution in [1.82, 2.24) is 0 Å². The number of carbonyl (C=O) groups excluding carboxylic acids is 1. The summed E-state index contributed by atoms with van der Waals surface area (Å²) in [6.07, 6.45) is 1.04. The summed E-state index contributed by atoms with van der Waals surface area (Å²) in [5.41, 5.74) is 0.499. The maximum Gasteiger partial charge on any atom is 0.336 e. The first kappa shape index (κ1) is 14.6. The van der Waals surface area contributed by atoms with Crippen molar-refractivity contribution in [3.63, 3.8) is 0 Å². The van der Waals surface area contributed by atoms with Crippen LogP contribution in [0.4, 0.5) is 0 Å². The van der Waals surface area contributed by atoms with Gasteiger partial charge in [0.25, 0.3) is 0 Å². The van der Waals surface area contributed by atoms with E-state index in [9.17, 15) is 9.59 Å². The minimum atomic E-state index is -0.496. The third-order valence-corrected chi connectivity index (χ3v) is 3.60. The van der Waals surface area contributed by atoms with Gasteiger partial charge in [0.1, 0.15) is 17.9 Å². The van der Waals surface area contributed by atoms with Crippen LogP contribution in [-0.4, -0.2) is 25.8 Å². The standard InChI is InChI=1S/C16H16O6/c1-19-11-4-5-12-10(7-15(17)22-14(12)8-11)9-21-16(18)13-3-2-6-20-13/h4-5,7-8,13H,2-3,6,9H2,1H3/t13-/m0/s1. The number of hydrogen-bond acceptors (Lipinski definition) is 6. The van der Waals surface area contributed by atoms with Crippen LogP contribution in [0.15, 0.2) is 33.5 Å². The van der Waals surface area contributed by atoms with Crippen LogP contribution in [0.2, 0.25) is 0 Å². The molecular weight excluding hydrogens is 288 g/mol. The molecule has 0 saturated carbocycles. The summed E-state index contributed by atoms with van der Waals surface area (Å²) in [5, 5.41) is 0.709. The number of hydrogen-bond donors (Lipinski definition) is 0. The van der Waals surface area contributed by atoms with E-state index in [0.717, 1.165) is 6.42 Å². The fraction of sp³-hybridized carbons (Fsp3) is 0.375. The molecule has 1 fully saturated rings. The third-order valence-electron chi connectivity index (χ3n) is 3.60. The SMILES string of the molecule is COc1ccc2c(COC(=O)[C@@H]3CCCO3)cc(=O)oc2c1. The lowest BCUT2D eigenvalue weighted by Crippen LogP contribution is -2.22. The molecule has 6 nitrogen and oxygen atoms in total. The molecule has 0 spiro atoms. The molecule has 2 aromatic rings. The molecule has 1 saturated heterocycles. The van der Waals surface area contributed by atoms with Crippen LogP contribution < -0.4 is 10.4 Å². The van der Waals surface area contributed by atoms with Gasteiger partial charge in [-0.05, 0) is 25.0 Å². The molecule has 6 heteroatoms. The minimum absolute atomic E-state index is 0.00707. The molecule has 0 amide bonds. The first-order chi connectivity index (χ1) is 10.7. The van der Waals surface area contributed by atoms with Gasteiger partial charge in [-0.2, -0.15) is 0 Å². The van der Waals surface area contributed by atoms with E-state index in [-0.39, 0.29) is 6.61 Å². The fourth-order valence-electron chi connectivity index (χ4n) is 2.46. The lowest BCUT2D eigenvalue weighted by Gasteiger charge is -2.11. The van der Waals surface area contributed by atoms with E-state index in [1.165, 1.54) is 13.2 Å². The van der Waals surface area contributed by atoms with Gasteiger partial charge in [0, 0.05) is 29.7 Å². The van der Waals surface area contributed by atoms with Crippen molar-refractivity contribution in [2.24, 2.45) is 0 Å². The van der Waals surface area contributed by atoms with Gasteiger partial charge in [0.05, 0.1) is 7.11 Å². The Morgan fingerprint density at radius 3 is 2.95 bits per heavy atom. The summed E-state index contributed by atoms with van der Waals surface area (Å²) in [6, 6.07) is 6.49. The molecule has 1 aliphatic heterocycles. The van der Waals surface area contributed by atoms with Crippen LogP contribution in [0.25, 0.3) is 11.0 Å². The molecule has 1 aromatic heterocycles. The zero-order valence-electron chi connectivity index (χ0n) is 12.2. The highest BCUT2D eigenvalue weighted by molar-refractivity contribution is 5.82. The Morgan fingerprint density at radius 1 is 1.36 bits per heavy atom. The van der Waals surface area contributed by atoms with Crippen LogP contribution in [0.1, 0.15) is 18.4 Å². The lowest BCUT2D eigenvalue weighted by molar-refractivity contribution is -0.155. The van der Waals surface area contributed by atoms with Crippen molar-refractivity contribution >= 4 is 16.9 Å². The number of methoxy groups -OCH3 is 1. The highest BCUT2D eigenvalue weighted by Gasteiger charge is 2.25. The van der Waals surface area contributed by atoms with Crippen molar-refractivity contribution in [3.05, 3.63) is 40.2 Å². The monoisotopic (exact) mass is 304 g/mol. The van der Waals surface area contributed by atoms with E-state index in [4.69, 9.17) is 18.6 Å². The van der Waals surface area contributed by atoms with Gasteiger partial charge < -0.3 is 18.6 Å². The molecule has 3 rings (SSSR count). The molecule has 22 heavy (non-hydrogen) atoms. The van der Waals surface area contributed by atoms with Gasteiger partial charge in [0.15, 0.2) is 6.10 Å². The zero-order chi connectivity index (χ0) is 15.5. The summed E-state index contributed by atoms with van der Waals surface area (Å²) in [7, 11) is 1.53. The van der Waals surface area contributed by atoms with Gasteiger partial charge in [-0.1, -0.05) is 0 Å². The number of fused-ring (bicyclic) bond motifs is 1. The van der Waals surface area contributed by atoms with Crippen LogP contribution >= 0.6 is 0 Å². The van der Waals surface area contributed by atoms with Crippen molar-refractivity contribution in [2.75, 3.05) is 13.7 Å². The molecule has 1 aliphatic rings.